The van der Waals surface area contributed by atoms with Crippen LogP contribution in [0.1, 0.15) is 68.2 Å². The Morgan fingerprint density at radius 3 is 1.17 bits per heavy atom. The summed E-state index contributed by atoms with van der Waals surface area (Å²) in [5, 5.41) is 0. The summed E-state index contributed by atoms with van der Waals surface area (Å²) in [6.07, 6.45) is -0.205. The van der Waals surface area contributed by atoms with E-state index in [-0.39, 0.29) is 38.3 Å². The Hall–Kier alpha value is -1.14. The van der Waals surface area contributed by atoms with Crippen molar-refractivity contribution in [3.05, 3.63) is 0 Å². The van der Waals surface area contributed by atoms with E-state index in [1.165, 1.54) is 0 Å². The van der Waals surface area contributed by atoms with Gasteiger partial charge < -0.3 is 18.9 Å². The van der Waals surface area contributed by atoms with Gasteiger partial charge in [-0.1, -0.05) is 13.8 Å². The molecule has 2 unspecified atom stereocenters. The number of carbonyl (C=O) groups excluding carboxylic acids is 2. The summed E-state index contributed by atoms with van der Waals surface area (Å²) in [6, 6.07) is 0. The van der Waals surface area contributed by atoms with E-state index in [1.54, 1.807) is 55.4 Å². The lowest BCUT2D eigenvalue weighted by Gasteiger charge is -2.45. The van der Waals surface area contributed by atoms with Gasteiger partial charge in [0.05, 0.1) is 12.2 Å². The third kappa shape index (κ3) is 4.70. The first-order valence-electron chi connectivity index (χ1n) is 8.87. The Kier molecular flexibility index (Phi) is 9.51. The summed E-state index contributed by atoms with van der Waals surface area (Å²) in [5.74, 6) is -1.20. The molecule has 0 spiro atoms. The molecule has 0 aliphatic rings. The fourth-order valence-electron chi connectivity index (χ4n) is 2.86. The van der Waals surface area contributed by atoms with Crippen molar-refractivity contribution in [1.29, 1.82) is 0 Å². The fraction of sp³-hybridized carbons (Fsp3) is 0.889. The topological polar surface area (TPSA) is 71.1 Å². The van der Waals surface area contributed by atoms with E-state index in [4.69, 9.17) is 18.9 Å². The van der Waals surface area contributed by atoms with Gasteiger partial charge in [0.2, 0.25) is 11.2 Å². The number of ether oxygens (including phenoxy) is 4. The van der Waals surface area contributed by atoms with Gasteiger partial charge in [-0.15, -0.1) is 0 Å². The van der Waals surface area contributed by atoms with Crippen molar-refractivity contribution in [2.24, 2.45) is 0 Å². The van der Waals surface area contributed by atoms with E-state index in [0.717, 1.165) is 0 Å². The van der Waals surface area contributed by atoms with Crippen LogP contribution in [0.3, 0.4) is 0 Å². The van der Waals surface area contributed by atoms with Gasteiger partial charge in [-0.25, -0.2) is 9.59 Å². The van der Waals surface area contributed by atoms with Crippen molar-refractivity contribution in [2.75, 3.05) is 13.2 Å². The second kappa shape index (κ2) is 9.99. The second-order valence-electron chi connectivity index (χ2n) is 6.14. The van der Waals surface area contributed by atoms with Crippen molar-refractivity contribution < 1.29 is 28.5 Å². The summed E-state index contributed by atoms with van der Waals surface area (Å²) in [5.41, 5.74) is -3.11. The highest BCUT2D eigenvalue weighted by Crippen LogP contribution is 2.39. The zero-order valence-corrected chi connectivity index (χ0v) is 16.4. The maximum Gasteiger partial charge on any atom is 0.342 e. The van der Waals surface area contributed by atoms with E-state index in [1.807, 2.05) is 0 Å². The largest absolute Gasteiger partial charge is 0.461 e. The molecule has 0 aliphatic heterocycles. The molecule has 0 radical (unpaired) electrons. The first-order chi connectivity index (χ1) is 11.2. The molecule has 0 N–H and O–H groups in total. The lowest BCUT2D eigenvalue weighted by atomic mass is 9.77. The molecule has 0 heterocycles. The lowest BCUT2D eigenvalue weighted by molar-refractivity contribution is -0.240. The van der Waals surface area contributed by atoms with Gasteiger partial charge in [0.15, 0.2) is 0 Å². The average molecular weight is 346 g/mol. The molecule has 0 saturated heterocycles. The Bertz CT molecular complexity index is 368. The monoisotopic (exact) mass is 346 g/mol. The van der Waals surface area contributed by atoms with Crippen LogP contribution < -0.4 is 0 Å². The van der Waals surface area contributed by atoms with Crippen LogP contribution in [-0.4, -0.2) is 48.6 Å². The van der Waals surface area contributed by atoms with E-state index < -0.39 is 23.1 Å². The Morgan fingerprint density at radius 2 is 1.00 bits per heavy atom. The molecule has 0 aliphatic carbocycles. The molecule has 0 aromatic heterocycles. The minimum atomic E-state index is -1.55. The molecule has 0 aromatic rings. The van der Waals surface area contributed by atoms with E-state index in [9.17, 15) is 9.59 Å². The number of rotatable bonds is 11. The SMILES string of the molecule is CCOC(CC)(C(=O)OC(C)C)C(CC)(OCC)C(=O)OC(C)C. The zero-order chi connectivity index (χ0) is 19.0. The van der Waals surface area contributed by atoms with Crippen LogP contribution in [0.4, 0.5) is 0 Å². The van der Waals surface area contributed by atoms with Crippen LogP contribution in [-0.2, 0) is 28.5 Å². The summed E-state index contributed by atoms with van der Waals surface area (Å²) < 4.78 is 22.5. The maximum absolute atomic E-state index is 12.9. The van der Waals surface area contributed by atoms with Crippen molar-refractivity contribution in [2.45, 2.75) is 91.6 Å². The Labute approximate surface area is 146 Å². The predicted molar refractivity (Wildman–Crippen MR) is 91.8 cm³/mol. The number of carbonyl (C=O) groups is 2. The quantitative estimate of drug-likeness (QED) is 0.535. The molecule has 0 saturated carbocycles. The highest BCUT2D eigenvalue weighted by atomic mass is 16.6. The smallest absolute Gasteiger partial charge is 0.342 e. The Morgan fingerprint density at radius 1 is 0.708 bits per heavy atom. The van der Waals surface area contributed by atoms with Crippen LogP contribution >= 0.6 is 0 Å². The zero-order valence-electron chi connectivity index (χ0n) is 16.4. The summed E-state index contributed by atoms with van der Waals surface area (Å²) in [7, 11) is 0. The highest BCUT2D eigenvalue weighted by molar-refractivity contribution is 5.93. The van der Waals surface area contributed by atoms with Crippen molar-refractivity contribution >= 4 is 11.9 Å². The summed E-state index contributed by atoms with van der Waals surface area (Å²) >= 11 is 0. The standard InChI is InChI=1S/C18H34O6/c1-9-17(21-11-3,15(19)23-13(5)6)18(10-2,22-12-4)16(20)24-14(7)8/h13-14H,9-12H2,1-8H3. The van der Waals surface area contributed by atoms with Crippen LogP contribution in [0, 0.1) is 0 Å². The van der Waals surface area contributed by atoms with E-state index in [2.05, 4.69) is 0 Å². The van der Waals surface area contributed by atoms with Crippen LogP contribution in [0.5, 0.6) is 0 Å². The highest BCUT2D eigenvalue weighted by Gasteiger charge is 2.63. The first-order valence-corrected chi connectivity index (χ1v) is 8.87. The lowest BCUT2D eigenvalue weighted by Crippen LogP contribution is -2.67. The third-order valence-corrected chi connectivity index (χ3v) is 3.77. The molecule has 6 heteroatoms. The fourth-order valence-corrected chi connectivity index (χ4v) is 2.86. The molecule has 0 bridgehead atoms. The van der Waals surface area contributed by atoms with E-state index >= 15 is 0 Å². The first kappa shape index (κ1) is 22.9. The number of hydrogen-bond acceptors (Lipinski definition) is 6. The van der Waals surface area contributed by atoms with Gasteiger partial charge >= 0.3 is 11.9 Å². The summed E-state index contributed by atoms with van der Waals surface area (Å²) in [6.45, 7) is 14.6. The minimum absolute atomic E-state index is 0.230. The minimum Gasteiger partial charge on any atom is -0.461 e. The normalized spacial score (nSPS) is 16.6. The van der Waals surface area contributed by atoms with Crippen LogP contribution in [0.2, 0.25) is 0 Å². The molecular formula is C18H34O6. The number of esters is 2. The second-order valence-corrected chi connectivity index (χ2v) is 6.14. The van der Waals surface area contributed by atoms with Crippen LogP contribution in [0.25, 0.3) is 0 Å². The van der Waals surface area contributed by atoms with Gasteiger partial charge in [-0.2, -0.15) is 0 Å². The molecule has 6 nitrogen and oxygen atoms in total. The third-order valence-electron chi connectivity index (χ3n) is 3.77. The molecule has 0 aromatic carbocycles. The van der Waals surface area contributed by atoms with Gasteiger partial charge in [0, 0.05) is 13.2 Å². The molecular weight excluding hydrogens is 312 g/mol. The van der Waals surface area contributed by atoms with Gasteiger partial charge in [-0.3, -0.25) is 0 Å². The van der Waals surface area contributed by atoms with Crippen molar-refractivity contribution in [3.63, 3.8) is 0 Å². The molecule has 0 amide bonds. The van der Waals surface area contributed by atoms with Gasteiger partial charge in [0.1, 0.15) is 0 Å². The molecule has 0 fully saturated rings. The summed E-state index contributed by atoms with van der Waals surface area (Å²) in [4.78, 5) is 25.9. The molecule has 0 rings (SSSR count). The molecule has 24 heavy (non-hydrogen) atoms. The van der Waals surface area contributed by atoms with Gasteiger partial charge in [-0.05, 0) is 54.4 Å². The molecule has 142 valence electrons. The molecule has 2 atom stereocenters. The van der Waals surface area contributed by atoms with Gasteiger partial charge in [0.25, 0.3) is 0 Å². The van der Waals surface area contributed by atoms with Crippen LogP contribution in [0.15, 0.2) is 0 Å². The Balaban J connectivity index is 6.24. The average Bonchev–Trinajstić information content (AvgIpc) is 2.49. The predicted octanol–water partition coefficient (Wildman–Crippen LogP) is 3.26. The number of hydrogen-bond donors (Lipinski definition) is 0. The van der Waals surface area contributed by atoms with Crippen molar-refractivity contribution in [3.8, 4) is 0 Å². The van der Waals surface area contributed by atoms with Crippen molar-refractivity contribution in [1.82, 2.24) is 0 Å². The van der Waals surface area contributed by atoms with E-state index in [0.29, 0.717) is 0 Å². The maximum atomic E-state index is 12.9.